The number of ether oxygens (including phenoxy) is 1. The molecule has 4 aliphatic carbocycles. The summed E-state index contributed by atoms with van der Waals surface area (Å²) >= 11 is 0. The van der Waals surface area contributed by atoms with Crippen molar-refractivity contribution in [2.45, 2.75) is 78.2 Å². The molecule has 0 heterocycles. The zero-order valence-corrected chi connectivity index (χ0v) is 18.7. The maximum atomic E-state index is 12.7. The molecule has 5 rings (SSSR count). The lowest BCUT2D eigenvalue weighted by Crippen LogP contribution is -2.55. The van der Waals surface area contributed by atoms with Crippen LogP contribution >= 0.6 is 0 Å². The van der Waals surface area contributed by atoms with Crippen molar-refractivity contribution in [2.24, 2.45) is 40.4 Å². The van der Waals surface area contributed by atoms with Gasteiger partial charge in [0.1, 0.15) is 11.9 Å². The van der Waals surface area contributed by atoms with E-state index in [1.165, 1.54) is 19.3 Å². The van der Waals surface area contributed by atoms with Crippen molar-refractivity contribution in [3.8, 4) is 0 Å². The molecule has 162 valence electrons. The zero-order chi connectivity index (χ0) is 21.1. The van der Waals surface area contributed by atoms with Gasteiger partial charge in [-0.3, -0.25) is 4.79 Å². The summed E-state index contributed by atoms with van der Waals surface area (Å²) in [4.78, 5) is 25.3. The average molecular weight is 409 g/mol. The summed E-state index contributed by atoms with van der Waals surface area (Å²) in [6.45, 7) is 7.07. The molecule has 0 aliphatic heterocycles. The van der Waals surface area contributed by atoms with Crippen molar-refractivity contribution in [1.82, 2.24) is 0 Å². The van der Waals surface area contributed by atoms with Gasteiger partial charge in [-0.05, 0) is 92.1 Å². The minimum Gasteiger partial charge on any atom is -0.458 e. The van der Waals surface area contributed by atoms with Gasteiger partial charge in [-0.1, -0.05) is 39.0 Å². The number of rotatable bonds is 2. The molecule has 4 saturated carbocycles. The van der Waals surface area contributed by atoms with Crippen LogP contribution in [-0.4, -0.2) is 17.9 Å². The van der Waals surface area contributed by atoms with Crippen molar-refractivity contribution in [3.05, 3.63) is 35.9 Å². The molecule has 0 spiro atoms. The summed E-state index contributed by atoms with van der Waals surface area (Å²) in [5.74, 6) is 3.41. The molecular formula is C27H36O3. The Labute approximate surface area is 181 Å². The van der Waals surface area contributed by atoms with E-state index in [1.54, 1.807) is 0 Å². The molecule has 0 aromatic heterocycles. The highest BCUT2D eigenvalue weighted by atomic mass is 16.5. The number of Topliss-reactive ketones (excluding diaryl/α,β-unsaturated/α-hetero) is 1. The van der Waals surface area contributed by atoms with Gasteiger partial charge in [-0.2, -0.15) is 0 Å². The topological polar surface area (TPSA) is 43.4 Å². The Kier molecular flexibility index (Phi) is 4.87. The highest BCUT2D eigenvalue weighted by Gasteiger charge is 2.61. The number of hydrogen-bond donors (Lipinski definition) is 0. The molecule has 0 bridgehead atoms. The minimum atomic E-state index is -0.178. The second kappa shape index (κ2) is 7.21. The van der Waals surface area contributed by atoms with Crippen LogP contribution in [0.5, 0.6) is 0 Å². The predicted octanol–water partition coefficient (Wildman–Crippen LogP) is 6.07. The van der Waals surface area contributed by atoms with Gasteiger partial charge in [0, 0.05) is 11.8 Å². The molecule has 1 aromatic rings. The fourth-order valence-corrected chi connectivity index (χ4v) is 8.29. The number of esters is 1. The summed E-state index contributed by atoms with van der Waals surface area (Å²) < 4.78 is 6.04. The van der Waals surface area contributed by atoms with Crippen molar-refractivity contribution in [1.29, 1.82) is 0 Å². The van der Waals surface area contributed by atoms with Gasteiger partial charge >= 0.3 is 5.97 Å². The van der Waals surface area contributed by atoms with Crippen molar-refractivity contribution in [3.63, 3.8) is 0 Å². The Hall–Kier alpha value is -1.64. The van der Waals surface area contributed by atoms with E-state index in [1.807, 2.05) is 30.3 Å². The fraction of sp³-hybridized carbons (Fsp3) is 0.704. The van der Waals surface area contributed by atoms with E-state index in [9.17, 15) is 9.59 Å². The van der Waals surface area contributed by atoms with Crippen molar-refractivity contribution in [2.75, 3.05) is 0 Å². The first-order chi connectivity index (χ1) is 14.3. The Balaban J connectivity index is 1.33. The molecule has 4 unspecified atom stereocenters. The molecular weight excluding hydrogens is 372 g/mol. The lowest BCUT2D eigenvalue weighted by molar-refractivity contribution is -0.148. The van der Waals surface area contributed by atoms with Crippen LogP contribution in [0.1, 0.15) is 82.5 Å². The van der Waals surface area contributed by atoms with E-state index >= 15 is 0 Å². The first-order valence-electron chi connectivity index (χ1n) is 12.1. The fourth-order valence-electron chi connectivity index (χ4n) is 8.29. The Morgan fingerprint density at radius 1 is 1.03 bits per heavy atom. The monoisotopic (exact) mass is 408 g/mol. The lowest BCUT2D eigenvalue weighted by Gasteiger charge is -2.61. The standard InChI is InChI=1S/C27H36O3/c1-17-16-27(3)19(15-23(17)30-25(29)18-7-5-4-6-8-18)9-10-20-21-11-12-24(28)26(21,2)14-13-22(20)27/h4-8,17,19-23H,9-16H2,1-3H3/t17-,19?,20?,21?,22?,23-,26+,27+/m1/s1. The normalized spacial score (nSPS) is 45.2. The highest BCUT2D eigenvalue weighted by Crippen LogP contribution is 2.66. The zero-order valence-electron chi connectivity index (χ0n) is 18.7. The van der Waals surface area contributed by atoms with E-state index < -0.39 is 0 Å². The number of ketones is 1. The third-order valence-corrected chi connectivity index (χ3v) is 9.96. The van der Waals surface area contributed by atoms with E-state index in [0.717, 1.165) is 38.0 Å². The molecule has 3 heteroatoms. The van der Waals surface area contributed by atoms with Crippen molar-refractivity contribution < 1.29 is 14.3 Å². The molecule has 8 atom stereocenters. The number of carbonyl (C=O) groups excluding carboxylic acids is 2. The molecule has 3 nitrogen and oxygen atoms in total. The van der Waals surface area contributed by atoms with Crippen molar-refractivity contribution >= 4 is 11.8 Å². The van der Waals surface area contributed by atoms with Crippen LogP contribution in [0.2, 0.25) is 0 Å². The number of hydrogen-bond acceptors (Lipinski definition) is 3. The van der Waals surface area contributed by atoms with Gasteiger partial charge in [0.25, 0.3) is 0 Å². The summed E-state index contributed by atoms with van der Waals surface area (Å²) in [6.07, 6.45) is 8.86. The van der Waals surface area contributed by atoms with Gasteiger partial charge in [0.2, 0.25) is 0 Å². The van der Waals surface area contributed by atoms with Crippen LogP contribution in [0.4, 0.5) is 0 Å². The quantitative estimate of drug-likeness (QED) is 0.558. The SMILES string of the molecule is C[C@@H]1C[C@@]2(C)C(CCC3C2CC[C@]2(C)C(=O)CCC32)C[C@H]1OC(=O)c1ccccc1. The Morgan fingerprint density at radius 3 is 2.57 bits per heavy atom. The minimum absolute atomic E-state index is 0.0224. The molecule has 0 radical (unpaired) electrons. The highest BCUT2D eigenvalue weighted by molar-refractivity contribution is 5.89. The molecule has 0 N–H and O–H groups in total. The number of fused-ring (bicyclic) bond motifs is 5. The van der Waals surface area contributed by atoms with Crippen LogP contribution in [-0.2, 0) is 9.53 Å². The summed E-state index contributed by atoms with van der Waals surface area (Å²) in [6, 6.07) is 9.39. The summed E-state index contributed by atoms with van der Waals surface area (Å²) in [5, 5.41) is 0. The van der Waals surface area contributed by atoms with Crippen LogP contribution in [0.25, 0.3) is 0 Å². The average Bonchev–Trinajstić information content (AvgIpc) is 3.04. The molecule has 0 amide bonds. The Bertz CT molecular complexity index is 832. The molecule has 0 saturated heterocycles. The number of benzene rings is 1. The maximum Gasteiger partial charge on any atom is 0.338 e. The number of carbonyl (C=O) groups is 2. The largest absolute Gasteiger partial charge is 0.458 e. The predicted molar refractivity (Wildman–Crippen MR) is 117 cm³/mol. The van der Waals surface area contributed by atoms with Crippen LogP contribution in [0.15, 0.2) is 30.3 Å². The first kappa shape index (κ1) is 20.3. The van der Waals surface area contributed by atoms with E-state index in [0.29, 0.717) is 40.4 Å². The van der Waals surface area contributed by atoms with E-state index in [4.69, 9.17) is 4.74 Å². The second-order valence-electron chi connectivity index (χ2n) is 11.3. The first-order valence-corrected chi connectivity index (χ1v) is 12.1. The third kappa shape index (κ3) is 2.99. The Morgan fingerprint density at radius 2 is 1.80 bits per heavy atom. The van der Waals surface area contributed by atoms with E-state index in [2.05, 4.69) is 20.8 Å². The molecule has 4 aliphatic rings. The summed E-state index contributed by atoms with van der Waals surface area (Å²) in [7, 11) is 0. The van der Waals surface area contributed by atoms with Crippen LogP contribution < -0.4 is 0 Å². The second-order valence-corrected chi connectivity index (χ2v) is 11.3. The third-order valence-electron chi connectivity index (χ3n) is 9.96. The van der Waals surface area contributed by atoms with Crippen LogP contribution in [0, 0.1) is 40.4 Å². The van der Waals surface area contributed by atoms with Gasteiger partial charge in [0.05, 0.1) is 5.56 Å². The smallest absolute Gasteiger partial charge is 0.338 e. The molecule has 1 aromatic carbocycles. The van der Waals surface area contributed by atoms with Gasteiger partial charge in [0.15, 0.2) is 0 Å². The lowest BCUT2D eigenvalue weighted by atomic mass is 9.44. The van der Waals surface area contributed by atoms with Crippen LogP contribution in [0.3, 0.4) is 0 Å². The summed E-state index contributed by atoms with van der Waals surface area (Å²) in [5.41, 5.74) is 0.933. The molecule has 4 fully saturated rings. The van der Waals surface area contributed by atoms with E-state index in [-0.39, 0.29) is 17.5 Å². The van der Waals surface area contributed by atoms with Gasteiger partial charge in [-0.25, -0.2) is 4.79 Å². The maximum absolute atomic E-state index is 12.7. The van der Waals surface area contributed by atoms with Gasteiger partial charge < -0.3 is 4.74 Å². The molecule has 30 heavy (non-hydrogen) atoms. The van der Waals surface area contributed by atoms with Gasteiger partial charge in [-0.15, -0.1) is 0 Å².